The van der Waals surface area contributed by atoms with Crippen molar-refractivity contribution in [1.29, 1.82) is 0 Å². The van der Waals surface area contributed by atoms with E-state index in [0.29, 0.717) is 6.54 Å². The molecule has 1 aliphatic rings. The van der Waals surface area contributed by atoms with Gasteiger partial charge in [0.2, 0.25) is 5.91 Å². The molecule has 0 fully saturated rings. The van der Waals surface area contributed by atoms with E-state index in [2.05, 4.69) is 11.4 Å². The number of nitrogens with two attached hydrogens (primary N) is 1. The molecule has 0 spiro atoms. The van der Waals surface area contributed by atoms with Crippen LogP contribution in [0, 0.1) is 0 Å². The molecular weight excluding hydrogens is 264 g/mol. The average molecular weight is 282 g/mol. The smallest absolute Gasteiger partial charge is 0.239 e. The third-order valence-corrected chi connectivity index (χ3v) is 3.68. The number of nitrogens with one attached hydrogen (secondary N) is 1. The third kappa shape index (κ3) is 3.06. The molecule has 2 aromatic rings. The van der Waals surface area contributed by atoms with Crippen LogP contribution in [-0.2, 0) is 11.2 Å². The minimum atomic E-state index is -0.487. The van der Waals surface area contributed by atoms with E-state index in [1.54, 1.807) is 0 Å². The van der Waals surface area contributed by atoms with Gasteiger partial charge in [-0.2, -0.15) is 0 Å². The van der Waals surface area contributed by atoms with Crippen LogP contribution in [0.25, 0.3) is 0 Å². The highest BCUT2D eigenvalue weighted by Crippen LogP contribution is 2.28. The Balaban J connectivity index is 1.63. The van der Waals surface area contributed by atoms with E-state index in [4.69, 9.17) is 10.5 Å². The first-order valence-electron chi connectivity index (χ1n) is 7.06. The molecule has 0 saturated heterocycles. The minimum Gasteiger partial charge on any atom is -0.488 e. The Kier molecular flexibility index (Phi) is 3.88. The first kappa shape index (κ1) is 13.6. The molecule has 0 bridgehead atoms. The molecule has 1 heterocycles. The van der Waals surface area contributed by atoms with Crippen molar-refractivity contribution in [3.05, 3.63) is 65.7 Å². The topological polar surface area (TPSA) is 64.4 Å². The molecule has 3 rings (SSSR count). The molecule has 1 amide bonds. The number of benzene rings is 2. The number of fused-ring (bicyclic) bond motifs is 1. The summed E-state index contributed by atoms with van der Waals surface area (Å²) in [5.41, 5.74) is 7.58. The van der Waals surface area contributed by atoms with Crippen molar-refractivity contribution >= 4 is 5.91 Å². The molecule has 4 nitrogen and oxygen atoms in total. The number of amides is 1. The van der Waals surface area contributed by atoms with Gasteiger partial charge in [0, 0.05) is 13.0 Å². The first-order valence-corrected chi connectivity index (χ1v) is 7.06. The summed E-state index contributed by atoms with van der Waals surface area (Å²) in [6.07, 6.45) is 0.886. The quantitative estimate of drug-likeness (QED) is 0.879. The number of ether oxygens (including phenoxy) is 1. The Morgan fingerprint density at radius 1 is 1.19 bits per heavy atom. The lowest BCUT2D eigenvalue weighted by Crippen LogP contribution is -2.39. The van der Waals surface area contributed by atoms with E-state index in [-0.39, 0.29) is 12.0 Å². The zero-order chi connectivity index (χ0) is 14.7. The van der Waals surface area contributed by atoms with Crippen LogP contribution >= 0.6 is 0 Å². The highest BCUT2D eigenvalue weighted by Gasteiger charge is 2.24. The van der Waals surface area contributed by atoms with Crippen molar-refractivity contribution in [2.75, 3.05) is 6.54 Å². The Bertz CT molecular complexity index is 603. The van der Waals surface area contributed by atoms with Gasteiger partial charge in [0.05, 0.1) is 0 Å². The fraction of sp³-hybridized carbons (Fsp3) is 0.235. The number of primary amides is 1. The van der Waals surface area contributed by atoms with E-state index in [9.17, 15) is 4.79 Å². The lowest BCUT2D eigenvalue weighted by molar-refractivity contribution is -0.120. The van der Waals surface area contributed by atoms with Gasteiger partial charge in [-0.25, -0.2) is 0 Å². The van der Waals surface area contributed by atoms with Crippen LogP contribution in [0.3, 0.4) is 0 Å². The van der Waals surface area contributed by atoms with Gasteiger partial charge in [-0.05, 0) is 17.2 Å². The summed E-state index contributed by atoms with van der Waals surface area (Å²) in [4.78, 5) is 11.6. The van der Waals surface area contributed by atoms with Crippen LogP contribution in [0.2, 0.25) is 0 Å². The molecule has 0 aromatic heterocycles. The maximum Gasteiger partial charge on any atom is 0.239 e. The fourth-order valence-corrected chi connectivity index (χ4v) is 2.65. The van der Waals surface area contributed by atoms with Gasteiger partial charge in [-0.3, -0.25) is 10.1 Å². The fourth-order valence-electron chi connectivity index (χ4n) is 2.65. The number of hydrogen-bond acceptors (Lipinski definition) is 3. The van der Waals surface area contributed by atoms with Gasteiger partial charge in [-0.15, -0.1) is 0 Å². The molecule has 0 radical (unpaired) electrons. The summed E-state index contributed by atoms with van der Waals surface area (Å²) in [5, 5.41) is 3.21. The van der Waals surface area contributed by atoms with E-state index in [0.717, 1.165) is 17.7 Å². The van der Waals surface area contributed by atoms with Gasteiger partial charge in [0.15, 0.2) is 0 Å². The largest absolute Gasteiger partial charge is 0.488 e. The number of carbonyl (C=O) groups is 1. The summed E-state index contributed by atoms with van der Waals surface area (Å²) < 4.78 is 5.86. The Morgan fingerprint density at radius 3 is 2.62 bits per heavy atom. The molecule has 0 saturated carbocycles. The number of hydrogen-bond donors (Lipinski definition) is 2. The number of para-hydroxylation sites is 1. The number of rotatable bonds is 5. The van der Waals surface area contributed by atoms with Crippen molar-refractivity contribution in [2.45, 2.75) is 18.6 Å². The van der Waals surface area contributed by atoms with Crippen molar-refractivity contribution in [1.82, 2.24) is 5.32 Å². The average Bonchev–Trinajstić information content (AvgIpc) is 2.91. The maximum atomic E-state index is 11.6. The highest BCUT2D eigenvalue weighted by atomic mass is 16.5. The summed E-state index contributed by atoms with van der Waals surface area (Å²) >= 11 is 0. The van der Waals surface area contributed by atoms with Crippen LogP contribution in [0.4, 0.5) is 0 Å². The van der Waals surface area contributed by atoms with E-state index >= 15 is 0 Å². The molecule has 2 atom stereocenters. The molecule has 108 valence electrons. The second-order valence-electron chi connectivity index (χ2n) is 5.21. The monoisotopic (exact) mass is 282 g/mol. The second-order valence-corrected chi connectivity index (χ2v) is 5.21. The molecule has 2 aromatic carbocycles. The lowest BCUT2D eigenvalue weighted by Gasteiger charge is -2.18. The lowest BCUT2D eigenvalue weighted by atomic mass is 10.1. The predicted molar refractivity (Wildman–Crippen MR) is 80.9 cm³/mol. The summed E-state index contributed by atoms with van der Waals surface area (Å²) in [5.74, 6) is 0.552. The minimum absolute atomic E-state index is 0.0352. The van der Waals surface area contributed by atoms with Crippen molar-refractivity contribution in [3.8, 4) is 5.75 Å². The second kappa shape index (κ2) is 5.97. The Labute approximate surface area is 123 Å². The van der Waals surface area contributed by atoms with Crippen LogP contribution in [-0.4, -0.2) is 18.6 Å². The molecule has 4 heteroatoms. The zero-order valence-corrected chi connectivity index (χ0v) is 11.7. The molecule has 1 aliphatic heterocycles. The Morgan fingerprint density at radius 2 is 1.90 bits per heavy atom. The Hall–Kier alpha value is -2.33. The zero-order valence-electron chi connectivity index (χ0n) is 11.7. The van der Waals surface area contributed by atoms with Gasteiger partial charge in [0.1, 0.15) is 17.9 Å². The van der Waals surface area contributed by atoms with Crippen molar-refractivity contribution in [2.24, 2.45) is 5.73 Å². The summed E-state index contributed by atoms with van der Waals surface area (Å²) in [7, 11) is 0. The van der Waals surface area contributed by atoms with Crippen LogP contribution in [0.1, 0.15) is 17.2 Å². The molecule has 0 aliphatic carbocycles. The van der Waals surface area contributed by atoms with Gasteiger partial charge in [0.25, 0.3) is 0 Å². The normalized spacial score (nSPS) is 17.8. The highest BCUT2D eigenvalue weighted by molar-refractivity contribution is 5.81. The molecule has 0 unspecified atom stereocenters. The standard InChI is InChI=1S/C17H18N2O2/c18-17(20)16(12-6-2-1-3-7-12)19-11-14-10-13-8-4-5-9-15(13)21-14/h1-9,14,16,19H,10-11H2,(H2,18,20)/t14-,16-/m0/s1. The third-order valence-electron chi connectivity index (χ3n) is 3.68. The van der Waals surface area contributed by atoms with Crippen LogP contribution in [0.15, 0.2) is 54.6 Å². The van der Waals surface area contributed by atoms with E-state index in [1.165, 1.54) is 5.56 Å². The van der Waals surface area contributed by atoms with Crippen molar-refractivity contribution < 1.29 is 9.53 Å². The van der Waals surface area contributed by atoms with Gasteiger partial charge >= 0.3 is 0 Å². The maximum absolute atomic E-state index is 11.6. The molecular formula is C17H18N2O2. The van der Waals surface area contributed by atoms with Crippen LogP contribution < -0.4 is 15.8 Å². The SMILES string of the molecule is NC(=O)[C@@H](NC[C@@H]1Cc2ccccc2O1)c1ccccc1. The summed E-state index contributed by atoms with van der Waals surface area (Å²) in [6.45, 7) is 0.581. The first-order chi connectivity index (χ1) is 10.2. The molecule has 3 N–H and O–H groups in total. The molecule has 21 heavy (non-hydrogen) atoms. The van der Waals surface area contributed by atoms with Crippen LogP contribution in [0.5, 0.6) is 5.75 Å². The van der Waals surface area contributed by atoms with Gasteiger partial charge in [-0.1, -0.05) is 48.5 Å². The van der Waals surface area contributed by atoms with Gasteiger partial charge < -0.3 is 10.5 Å². The van der Waals surface area contributed by atoms with E-state index < -0.39 is 6.04 Å². The van der Waals surface area contributed by atoms with E-state index in [1.807, 2.05) is 48.5 Å². The summed E-state index contributed by atoms with van der Waals surface area (Å²) in [6, 6.07) is 17.0. The van der Waals surface area contributed by atoms with Crippen molar-refractivity contribution in [3.63, 3.8) is 0 Å². The number of carbonyl (C=O) groups excluding carboxylic acids is 1. The predicted octanol–water partition coefficient (Wildman–Crippen LogP) is 1.81.